The molecule has 136 valence electrons. The van der Waals surface area contributed by atoms with Crippen LogP contribution in [0.1, 0.15) is 50.0 Å². The number of carbonyl (C=O) groups is 1. The molecule has 1 amide bonds. The van der Waals surface area contributed by atoms with Gasteiger partial charge in [0.1, 0.15) is 6.23 Å². The van der Waals surface area contributed by atoms with Gasteiger partial charge in [-0.1, -0.05) is 12.1 Å². The molecule has 0 aliphatic carbocycles. The molecular formula is C20H29N3O2. The van der Waals surface area contributed by atoms with E-state index < -0.39 is 6.23 Å². The van der Waals surface area contributed by atoms with Gasteiger partial charge in [0.05, 0.1) is 5.92 Å². The van der Waals surface area contributed by atoms with Gasteiger partial charge in [-0.3, -0.25) is 4.79 Å². The molecule has 0 bridgehead atoms. The highest BCUT2D eigenvalue weighted by Gasteiger charge is 2.35. The van der Waals surface area contributed by atoms with Gasteiger partial charge in [0, 0.05) is 18.8 Å². The molecule has 3 N–H and O–H groups in total. The number of hydrogen-bond acceptors (Lipinski definition) is 4. The van der Waals surface area contributed by atoms with E-state index >= 15 is 0 Å². The van der Waals surface area contributed by atoms with Crippen LogP contribution in [0.15, 0.2) is 24.3 Å². The lowest BCUT2D eigenvalue weighted by Gasteiger charge is -2.45. The molecule has 5 nitrogen and oxygen atoms in total. The molecule has 0 aromatic heterocycles. The van der Waals surface area contributed by atoms with Gasteiger partial charge in [-0.15, -0.1) is 0 Å². The van der Waals surface area contributed by atoms with Crippen LogP contribution in [0.25, 0.3) is 0 Å². The molecule has 2 unspecified atom stereocenters. The summed E-state index contributed by atoms with van der Waals surface area (Å²) < 4.78 is 0. The lowest BCUT2D eigenvalue weighted by Crippen LogP contribution is -2.45. The van der Waals surface area contributed by atoms with E-state index in [1.54, 1.807) is 0 Å². The summed E-state index contributed by atoms with van der Waals surface area (Å²) in [6, 6.07) is 8.50. The molecule has 0 saturated carbocycles. The van der Waals surface area contributed by atoms with Crippen LogP contribution in [-0.2, 0) is 4.79 Å². The zero-order chi connectivity index (χ0) is 17.3. The molecule has 3 aliphatic rings. The summed E-state index contributed by atoms with van der Waals surface area (Å²) in [6.07, 6.45) is 5.89. The summed E-state index contributed by atoms with van der Waals surface area (Å²) in [6.45, 7) is 4.62. The van der Waals surface area contributed by atoms with Gasteiger partial charge in [-0.25, -0.2) is 0 Å². The first-order valence-corrected chi connectivity index (χ1v) is 9.69. The van der Waals surface area contributed by atoms with E-state index in [1.807, 2.05) is 0 Å². The van der Waals surface area contributed by atoms with Crippen LogP contribution < -0.4 is 15.5 Å². The van der Waals surface area contributed by atoms with Crippen LogP contribution in [0, 0.1) is 5.41 Å². The van der Waals surface area contributed by atoms with E-state index in [1.165, 1.54) is 44.5 Å². The number of aliphatic hydroxyl groups excluding tert-OH is 1. The Bertz CT molecular complexity index is 600. The second-order valence-electron chi connectivity index (χ2n) is 7.98. The Kier molecular flexibility index (Phi) is 4.69. The third-order valence-corrected chi connectivity index (χ3v) is 6.50. The quantitative estimate of drug-likeness (QED) is 0.768. The average molecular weight is 343 g/mol. The van der Waals surface area contributed by atoms with Crippen molar-refractivity contribution in [1.29, 1.82) is 0 Å². The fraction of sp³-hybridized carbons (Fsp3) is 0.650. The van der Waals surface area contributed by atoms with Crippen LogP contribution in [0.2, 0.25) is 0 Å². The summed E-state index contributed by atoms with van der Waals surface area (Å²) >= 11 is 0. The number of carbonyl (C=O) groups excluding carboxylic acids is 1. The van der Waals surface area contributed by atoms with Gasteiger partial charge in [-0.2, -0.15) is 0 Å². The maximum Gasteiger partial charge on any atom is 0.229 e. The van der Waals surface area contributed by atoms with Crippen LogP contribution in [0.3, 0.4) is 0 Å². The molecule has 1 aromatic carbocycles. The number of hydrogen-bond donors (Lipinski definition) is 3. The second-order valence-corrected chi connectivity index (χ2v) is 7.98. The zero-order valence-corrected chi connectivity index (χ0v) is 14.8. The SMILES string of the molecule is O=C1NC(O)CCC1c1ccc(N2CCC3(CCNCC3)CC2)cc1. The van der Waals surface area contributed by atoms with E-state index in [-0.39, 0.29) is 11.8 Å². The maximum absolute atomic E-state index is 12.1. The van der Waals surface area contributed by atoms with Crippen molar-refractivity contribution in [3.05, 3.63) is 29.8 Å². The molecule has 3 heterocycles. The molecule has 1 aromatic rings. The number of anilines is 1. The molecular weight excluding hydrogens is 314 g/mol. The van der Waals surface area contributed by atoms with Crippen molar-refractivity contribution < 1.29 is 9.90 Å². The summed E-state index contributed by atoms with van der Waals surface area (Å²) in [5.41, 5.74) is 2.90. The van der Waals surface area contributed by atoms with E-state index in [4.69, 9.17) is 0 Å². The average Bonchev–Trinajstić information content (AvgIpc) is 2.64. The van der Waals surface area contributed by atoms with Crippen LogP contribution in [-0.4, -0.2) is 43.4 Å². The monoisotopic (exact) mass is 343 g/mol. The topological polar surface area (TPSA) is 64.6 Å². The van der Waals surface area contributed by atoms with Gasteiger partial charge in [-0.05, 0) is 74.7 Å². The predicted octanol–water partition coefficient (Wildman–Crippen LogP) is 1.97. The van der Waals surface area contributed by atoms with Gasteiger partial charge in [0.15, 0.2) is 0 Å². The van der Waals surface area contributed by atoms with E-state index in [0.29, 0.717) is 18.3 Å². The molecule has 2 atom stereocenters. The van der Waals surface area contributed by atoms with Gasteiger partial charge in [0.2, 0.25) is 5.91 Å². The first-order valence-electron chi connectivity index (χ1n) is 9.69. The summed E-state index contributed by atoms with van der Waals surface area (Å²) in [7, 11) is 0. The third-order valence-electron chi connectivity index (χ3n) is 6.50. The Morgan fingerprint density at radius 3 is 2.32 bits per heavy atom. The number of nitrogens with zero attached hydrogens (tertiary/aromatic N) is 1. The number of aliphatic hydroxyl groups is 1. The molecule has 25 heavy (non-hydrogen) atoms. The largest absolute Gasteiger partial charge is 0.374 e. The number of piperidine rings is 3. The minimum atomic E-state index is -0.682. The maximum atomic E-state index is 12.1. The molecule has 5 heteroatoms. The Labute approximate surface area is 149 Å². The Hall–Kier alpha value is -1.59. The summed E-state index contributed by atoms with van der Waals surface area (Å²) in [5.74, 6) is -0.186. The smallest absolute Gasteiger partial charge is 0.229 e. The Balaban J connectivity index is 1.39. The highest BCUT2D eigenvalue weighted by atomic mass is 16.3. The number of benzene rings is 1. The van der Waals surface area contributed by atoms with Gasteiger partial charge in [0.25, 0.3) is 0 Å². The molecule has 3 aliphatic heterocycles. The lowest BCUT2D eigenvalue weighted by molar-refractivity contribution is -0.128. The Morgan fingerprint density at radius 1 is 1.00 bits per heavy atom. The van der Waals surface area contributed by atoms with Crippen molar-refractivity contribution in [2.45, 2.75) is 50.7 Å². The van der Waals surface area contributed by atoms with Crippen molar-refractivity contribution in [3.8, 4) is 0 Å². The number of amides is 1. The van der Waals surface area contributed by atoms with Crippen molar-refractivity contribution >= 4 is 11.6 Å². The molecule has 3 saturated heterocycles. The van der Waals surface area contributed by atoms with E-state index in [0.717, 1.165) is 18.7 Å². The second kappa shape index (κ2) is 6.96. The summed E-state index contributed by atoms with van der Waals surface area (Å²) in [4.78, 5) is 14.6. The minimum absolute atomic E-state index is 0.0580. The zero-order valence-electron chi connectivity index (χ0n) is 14.8. The van der Waals surface area contributed by atoms with Crippen molar-refractivity contribution in [3.63, 3.8) is 0 Å². The first-order chi connectivity index (χ1) is 12.2. The molecule has 4 rings (SSSR count). The molecule has 3 fully saturated rings. The standard InChI is InChI=1S/C20H29N3O2/c24-18-6-5-17(19(25)22-18)15-1-3-16(4-2-15)23-13-9-20(10-14-23)7-11-21-12-8-20/h1-4,17-18,21,24H,5-14H2,(H,22,25). The molecule has 1 spiro atoms. The van der Waals surface area contributed by atoms with Gasteiger partial charge >= 0.3 is 0 Å². The first kappa shape index (κ1) is 16.9. The highest BCUT2D eigenvalue weighted by Crippen LogP contribution is 2.40. The lowest BCUT2D eigenvalue weighted by atomic mass is 9.71. The van der Waals surface area contributed by atoms with E-state index in [9.17, 15) is 9.90 Å². The Morgan fingerprint density at radius 2 is 1.68 bits per heavy atom. The predicted molar refractivity (Wildman–Crippen MR) is 98.6 cm³/mol. The number of nitrogens with one attached hydrogen (secondary N) is 2. The van der Waals surface area contributed by atoms with Crippen molar-refractivity contribution in [1.82, 2.24) is 10.6 Å². The fourth-order valence-electron chi connectivity index (χ4n) is 4.72. The van der Waals surface area contributed by atoms with Crippen LogP contribution >= 0.6 is 0 Å². The normalized spacial score (nSPS) is 29.5. The molecule has 0 radical (unpaired) electrons. The van der Waals surface area contributed by atoms with Crippen LogP contribution in [0.5, 0.6) is 0 Å². The van der Waals surface area contributed by atoms with Crippen molar-refractivity contribution in [2.75, 3.05) is 31.1 Å². The van der Waals surface area contributed by atoms with Crippen molar-refractivity contribution in [2.24, 2.45) is 5.41 Å². The highest BCUT2D eigenvalue weighted by molar-refractivity contribution is 5.84. The van der Waals surface area contributed by atoms with Crippen LogP contribution in [0.4, 0.5) is 5.69 Å². The van der Waals surface area contributed by atoms with E-state index in [2.05, 4.69) is 39.8 Å². The number of rotatable bonds is 2. The van der Waals surface area contributed by atoms with Gasteiger partial charge < -0.3 is 20.6 Å². The third kappa shape index (κ3) is 3.53. The minimum Gasteiger partial charge on any atom is -0.374 e. The fourth-order valence-corrected chi connectivity index (χ4v) is 4.72. The summed E-state index contributed by atoms with van der Waals surface area (Å²) in [5, 5.41) is 15.6.